The first-order chi connectivity index (χ1) is 7.66. The number of hydrogen-bond acceptors (Lipinski definition) is 1. The molecule has 1 aliphatic heterocycles. The van der Waals surface area contributed by atoms with E-state index < -0.39 is 0 Å². The van der Waals surface area contributed by atoms with Crippen LogP contribution in [-0.2, 0) is 6.54 Å². The number of piperidine rings is 1. The molecule has 0 aliphatic carbocycles. The Morgan fingerprint density at radius 1 is 1.44 bits per heavy atom. The normalized spacial score (nSPS) is 22.3. The van der Waals surface area contributed by atoms with Gasteiger partial charge in [0.2, 0.25) is 0 Å². The predicted molar refractivity (Wildman–Crippen MR) is 67.8 cm³/mol. The molecule has 1 heterocycles. The molecular formula is C13H17BrFN. The first-order valence-corrected chi connectivity index (χ1v) is 6.64. The molecule has 1 saturated heterocycles. The van der Waals surface area contributed by atoms with Crippen molar-refractivity contribution < 1.29 is 4.39 Å². The number of hydrogen-bond donors (Lipinski definition) is 0. The van der Waals surface area contributed by atoms with Crippen molar-refractivity contribution in [3.63, 3.8) is 0 Å². The first kappa shape index (κ1) is 12.1. The first-order valence-electron chi connectivity index (χ1n) is 5.85. The summed E-state index contributed by atoms with van der Waals surface area (Å²) in [6.45, 7) is 4.35. The van der Waals surface area contributed by atoms with Gasteiger partial charge in [0.1, 0.15) is 5.82 Å². The summed E-state index contributed by atoms with van der Waals surface area (Å²) in [6, 6.07) is 5.60. The molecule has 0 bridgehead atoms. The van der Waals surface area contributed by atoms with Crippen molar-refractivity contribution in [1.82, 2.24) is 4.90 Å². The van der Waals surface area contributed by atoms with Gasteiger partial charge in [-0.05, 0) is 44.0 Å². The van der Waals surface area contributed by atoms with Gasteiger partial charge >= 0.3 is 0 Å². The van der Waals surface area contributed by atoms with Crippen LogP contribution in [0.15, 0.2) is 22.7 Å². The molecule has 1 unspecified atom stereocenters. The standard InChI is InChI=1S/C13H17BrFN/c1-10-4-2-3-7-16(10)9-11-5-6-12(15)8-13(11)14/h5-6,8,10H,2-4,7,9H2,1H3. The van der Waals surface area contributed by atoms with Crippen molar-refractivity contribution >= 4 is 15.9 Å². The smallest absolute Gasteiger partial charge is 0.124 e. The zero-order valence-electron chi connectivity index (χ0n) is 9.55. The third kappa shape index (κ3) is 2.83. The fourth-order valence-corrected chi connectivity index (χ4v) is 2.74. The number of likely N-dealkylation sites (tertiary alicyclic amines) is 1. The summed E-state index contributed by atoms with van der Waals surface area (Å²) in [5.74, 6) is -0.178. The lowest BCUT2D eigenvalue weighted by Gasteiger charge is -2.33. The highest BCUT2D eigenvalue weighted by Crippen LogP contribution is 2.23. The Morgan fingerprint density at radius 3 is 2.94 bits per heavy atom. The van der Waals surface area contributed by atoms with E-state index in [4.69, 9.17) is 0 Å². The molecule has 0 radical (unpaired) electrons. The summed E-state index contributed by atoms with van der Waals surface area (Å²) in [7, 11) is 0. The Kier molecular flexibility index (Phi) is 3.98. The molecule has 1 atom stereocenters. The minimum absolute atomic E-state index is 0.178. The summed E-state index contributed by atoms with van der Waals surface area (Å²) < 4.78 is 13.8. The maximum atomic E-state index is 13.0. The Labute approximate surface area is 105 Å². The Balaban J connectivity index is 2.07. The molecule has 1 aliphatic rings. The van der Waals surface area contributed by atoms with Crippen molar-refractivity contribution in [1.29, 1.82) is 0 Å². The number of nitrogens with zero attached hydrogens (tertiary/aromatic N) is 1. The highest BCUT2D eigenvalue weighted by molar-refractivity contribution is 9.10. The van der Waals surface area contributed by atoms with E-state index >= 15 is 0 Å². The maximum absolute atomic E-state index is 13.0. The molecule has 3 heteroatoms. The monoisotopic (exact) mass is 285 g/mol. The van der Waals surface area contributed by atoms with Gasteiger partial charge in [-0.25, -0.2) is 4.39 Å². The van der Waals surface area contributed by atoms with Gasteiger partial charge in [0.15, 0.2) is 0 Å². The van der Waals surface area contributed by atoms with Crippen LogP contribution in [0, 0.1) is 5.82 Å². The lowest BCUT2D eigenvalue weighted by atomic mass is 10.0. The molecule has 16 heavy (non-hydrogen) atoms. The third-order valence-electron chi connectivity index (χ3n) is 3.33. The van der Waals surface area contributed by atoms with Gasteiger partial charge in [-0.2, -0.15) is 0 Å². The molecule has 0 aromatic heterocycles. The number of rotatable bonds is 2. The van der Waals surface area contributed by atoms with E-state index in [1.54, 1.807) is 6.07 Å². The zero-order chi connectivity index (χ0) is 11.5. The largest absolute Gasteiger partial charge is 0.296 e. The van der Waals surface area contributed by atoms with Crippen molar-refractivity contribution in [3.8, 4) is 0 Å². The van der Waals surface area contributed by atoms with E-state index in [0.717, 1.165) is 17.6 Å². The summed E-state index contributed by atoms with van der Waals surface area (Å²) in [4.78, 5) is 2.47. The van der Waals surface area contributed by atoms with Crippen LogP contribution in [0.25, 0.3) is 0 Å². The van der Waals surface area contributed by atoms with Crippen molar-refractivity contribution in [2.24, 2.45) is 0 Å². The molecule has 1 nitrogen and oxygen atoms in total. The molecule has 0 amide bonds. The Hall–Kier alpha value is -0.410. The fourth-order valence-electron chi connectivity index (χ4n) is 2.26. The zero-order valence-corrected chi connectivity index (χ0v) is 11.1. The van der Waals surface area contributed by atoms with Crippen molar-refractivity contribution in [2.75, 3.05) is 6.54 Å². The second-order valence-corrected chi connectivity index (χ2v) is 5.41. The van der Waals surface area contributed by atoms with Gasteiger partial charge in [0, 0.05) is 17.1 Å². The SMILES string of the molecule is CC1CCCCN1Cc1ccc(F)cc1Br. The number of halogens is 2. The fraction of sp³-hybridized carbons (Fsp3) is 0.538. The molecule has 2 rings (SSSR count). The molecule has 0 spiro atoms. The van der Waals surface area contributed by atoms with Crippen LogP contribution in [-0.4, -0.2) is 17.5 Å². The Bertz CT molecular complexity index is 367. The second kappa shape index (κ2) is 5.28. The van der Waals surface area contributed by atoms with Gasteiger partial charge in [-0.15, -0.1) is 0 Å². The molecule has 1 fully saturated rings. The predicted octanol–water partition coefficient (Wildman–Crippen LogP) is 3.96. The summed E-state index contributed by atoms with van der Waals surface area (Å²) in [5, 5.41) is 0. The average molecular weight is 286 g/mol. The Morgan fingerprint density at radius 2 is 2.25 bits per heavy atom. The van der Waals surface area contributed by atoms with Crippen LogP contribution in [0.4, 0.5) is 4.39 Å². The summed E-state index contributed by atoms with van der Waals surface area (Å²) >= 11 is 3.43. The molecular weight excluding hydrogens is 269 g/mol. The summed E-state index contributed by atoms with van der Waals surface area (Å²) in [6.07, 6.45) is 3.89. The van der Waals surface area contributed by atoms with E-state index in [-0.39, 0.29) is 5.82 Å². The highest BCUT2D eigenvalue weighted by Gasteiger charge is 2.18. The lowest BCUT2D eigenvalue weighted by molar-refractivity contribution is 0.152. The van der Waals surface area contributed by atoms with Crippen molar-refractivity contribution in [2.45, 2.75) is 38.8 Å². The minimum Gasteiger partial charge on any atom is -0.296 e. The maximum Gasteiger partial charge on any atom is 0.124 e. The van der Waals surface area contributed by atoms with Crippen LogP contribution in [0.2, 0.25) is 0 Å². The van der Waals surface area contributed by atoms with Gasteiger partial charge in [0.25, 0.3) is 0 Å². The van der Waals surface area contributed by atoms with E-state index in [0.29, 0.717) is 6.04 Å². The van der Waals surface area contributed by atoms with Gasteiger partial charge in [-0.3, -0.25) is 4.90 Å². The average Bonchev–Trinajstić information content (AvgIpc) is 2.25. The molecule has 88 valence electrons. The number of benzene rings is 1. The molecule has 0 N–H and O–H groups in total. The summed E-state index contributed by atoms with van der Waals surface area (Å²) in [5.41, 5.74) is 1.18. The van der Waals surface area contributed by atoms with Crippen molar-refractivity contribution in [3.05, 3.63) is 34.1 Å². The van der Waals surface area contributed by atoms with E-state index in [2.05, 4.69) is 27.8 Å². The quantitative estimate of drug-likeness (QED) is 0.795. The highest BCUT2D eigenvalue weighted by atomic mass is 79.9. The van der Waals surface area contributed by atoms with Crippen LogP contribution >= 0.6 is 15.9 Å². The molecule has 1 aromatic carbocycles. The molecule has 1 aromatic rings. The van der Waals surface area contributed by atoms with E-state index in [1.807, 2.05) is 6.07 Å². The van der Waals surface area contributed by atoms with Crippen LogP contribution in [0.1, 0.15) is 31.7 Å². The topological polar surface area (TPSA) is 3.24 Å². The van der Waals surface area contributed by atoms with Crippen LogP contribution in [0.5, 0.6) is 0 Å². The second-order valence-electron chi connectivity index (χ2n) is 4.55. The minimum atomic E-state index is -0.178. The van der Waals surface area contributed by atoms with Gasteiger partial charge < -0.3 is 0 Å². The van der Waals surface area contributed by atoms with E-state index in [9.17, 15) is 4.39 Å². The lowest BCUT2D eigenvalue weighted by Crippen LogP contribution is -2.36. The molecule has 0 saturated carbocycles. The van der Waals surface area contributed by atoms with Gasteiger partial charge in [0.05, 0.1) is 0 Å². The third-order valence-corrected chi connectivity index (χ3v) is 4.07. The van der Waals surface area contributed by atoms with Crippen LogP contribution in [0.3, 0.4) is 0 Å². The van der Waals surface area contributed by atoms with E-state index in [1.165, 1.54) is 30.9 Å². The van der Waals surface area contributed by atoms with Gasteiger partial charge in [-0.1, -0.05) is 28.4 Å². The van der Waals surface area contributed by atoms with Crippen LogP contribution < -0.4 is 0 Å².